The lowest BCUT2D eigenvalue weighted by molar-refractivity contribution is -0.131. The highest BCUT2D eigenvalue weighted by Crippen LogP contribution is 2.36. The van der Waals surface area contributed by atoms with E-state index in [2.05, 4.69) is 70.6 Å². The molecule has 0 aliphatic carbocycles. The smallest absolute Gasteiger partial charge is 0.222 e. The van der Waals surface area contributed by atoms with E-state index in [0.29, 0.717) is 13.0 Å². The van der Waals surface area contributed by atoms with Crippen LogP contribution in [0.5, 0.6) is 5.75 Å². The van der Waals surface area contributed by atoms with Crippen molar-refractivity contribution >= 4 is 23.4 Å². The van der Waals surface area contributed by atoms with Gasteiger partial charge in [-0.1, -0.05) is 90.6 Å². The molecule has 4 aromatic rings. The van der Waals surface area contributed by atoms with Gasteiger partial charge in [-0.2, -0.15) is 0 Å². The zero-order chi connectivity index (χ0) is 28.4. The SMILES string of the molecule is C=CCn1c(SCCCCC(=O)N2CCN(c3ccccc3OC)CC2)nc(-c2ccccc2)c1-c1ccccc1. The van der Waals surface area contributed by atoms with E-state index in [-0.39, 0.29) is 5.91 Å². The van der Waals surface area contributed by atoms with Crippen LogP contribution in [0.2, 0.25) is 0 Å². The third kappa shape index (κ3) is 6.85. The first-order chi connectivity index (χ1) is 20.2. The van der Waals surface area contributed by atoms with Gasteiger partial charge < -0.3 is 19.1 Å². The van der Waals surface area contributed by atoms with Gasteiger partial charge in [-0.25, -0.2) is 4.98 Å². The summed E-state index contributed by atoms with van der Waals surface area (Å²) in [7, 11) is 1.70. The van der Waals surface area contributed by atoms with Gasteiger partial charge in [0.15, 0.2) is 5.16 Å². The van der Waals surface area contributed by atoms with Crippen LogP contribution in [0.15, 0.2) is 103 Å². The average Bonchev–Trinajstić information content (AvgIpc) is 3.39. The maximum Gasteiger partial charge on any atom is 0.222 e. The number of hydrogen-bond donors (Lipinski definition) is 0. The number of amides is 1. The van der Waals surface area contributed by atoms with Gasteiger partial charge in [-0.15, -0.1) is 6.58 Å². The predicted octanol–water partition coefficient (Wildman–Crippen LogP) is 7.02. The van der Waals surface area contributed by atoms with Crippen LogP contribution in [0.25, 0.3) is 22.5 Å². The number of carbonyl (C=O) groups is 1. The summed E-state index contributed by atoms with van der Waals surface area (Å²) in [4.78, 5) is 22.4. The van der Waals surface area contributed by atoms with Crippen molar-refractivity contribution in [2.45, 2.75) is 31.0 Å². The van der Waals surface area contributed by atoms with E-state index in [0.717, 1.165) is 83.9 Å². The number of aromatic nitrogens is 2. The van der Waals surface area contributed by atoms with Gasteiger partial charge in [0.1, 0.15) is 5.75 Å². The van der Waals surface area contributed by atoms with Gasteiger partial charge in [0.05, 0.1) is 24.2 Å². The molecule has 2 heterocycles. The molecule has 0 saturated carbocycles. The van der Waals surface area contributed by atoms with Crippen molar-refractivity contribution in [1.29, 1.82) is 0 Å². The topological polar surface area (TPSA) is 50.6 Å². The fraction of sp³-hybridized carbons (Fsp3) is 0.294. The Morgan fingerprint density at radius 3 is 2.24 bits per heavy atom. The molecule has 5 rings (SSSR count). The minimum atomic E-state index is 0.251. The molecule has 1 saturated heterocycles. The average molecular weight is 567 g/mol. The molecule has 0 atom stereocenters. The van der Waals surface area contributed by atoms with Gasteiger partial charge in [-0.3, -0.25) is 4.79 Å². The van der Waals surface area contributed by atoms with E-state index in [1.807, 2.05) is 41.3 Å². The number of methoxy groups -OCH3 is 1. The number of hydrogen-bond acceptors (Lipinski definition) is 5. The molecule has 0 bridgehead atoms. The molecule has 3 aromatic carbocycles. The number of thioether (sulfide) groups is 1. The quantitative estimate of drug-likeness (QED) is 0.105. The van der Waals surface area contributed by atoms with Crippen molar-refractivity contribution in [3.05, 3.63) is 97.6 Å². The molecule has 0 spiro atoms. The van der Waals surface area contributed by atoms with E-state index in [4.69, 9.17) is 9.72 Å². The molecule has 1 aromatic heterocycles. The highest BCUT2D eigenvalue weighted by atomic mass is 32.2. The van der Waals surface area contributed by atoms with Crippen molar-refractivity contribution in [2.24, 2.45) is 0 Å². The number of allylic oxidation sites excluding steroid dienone is 1. The molecule has 1 amide bonds. The number of ether oxygens (including phenoxy) is 1. The van der Waals surface area contributed by atoms with Crippen molar-refractivity contribution in [3.63, 3.8) is 0 Å². The Labute approximate surface area is 247 Å². The minimum Gasteiger partial charge on any atom is -0.495 e. The Morgan fingerprint density at radius 2 is 1.56 bits per heavy atom. The number of carbonyl (C=O) groups excluding carboxylic acids is 1. The van der Waals surface area contributed by atoms with E-state index < -0.39 is 0 Å². The Bertz CT molecular complexity index is 1430. The fourth-order valence-corrected chi connectivity index (χ4v) is 6.32. The van der Waals surface area contributed by atoms with Crippen LogP contribution >= 0.6 is 11.8 Å². The van der Waals surface area contributed by atoms with Crippen molar-refractivity contribution in [1.82, 2.24) is 14.5 Å². The lowest BCUT2D eigenvalue weighted by atomic mass is 10.0. The first-order valence-electron chi connectivity index (χ1n) is 14.3. The lowest BCUT2D eigenvalue weighted by Gasteiger charge is -2.36. The second-order valence-electron chi connectivity index (χ2n) is 10.1. The number of benzene rings is 3. The number of para-hydroxylation sites is 2. The normalized spacial score (nSPS) is 13.3. The van der Waals surface area contributed by atoms with Crippen LogP contribution in [0.1, 0.15) is 19.3 Å². The molecule has 1 aliphatic rings. The third-order valence-corrected chi connectivity index (χ3v) is 8.48. The van der Waals surface area contributed by atoms with Crippen molar-refractivity contribution < 1.29 is 9.53 Å². The van der Waals surface area contributed by atoms with Crippen LogP contribution in [-0.2, 0) is 11.3 Å². The summed E-state index contributed by atoms with van der Waals surface area (Å²) in [5.41, 5.74) is 5.45. The van der Waals surface area contributed by atoms with E-state index in [1.165, 1.54) is 0 Å². The first-order valence-corrected chi connectivity index (χ1v) is 15.3. The maximum absolute atomic E-state index is 12.9. The summed E-state index contributed by atoms with van der Waals surface area (Å²) >= 11 is 1.76. The second-order valence-corrected chi connectivity index (χ2v) is 11.1. The number of rotatable bonds is 12. The Morgan fingerprint density at radius 1 is 0.902 bits per heavy atom. The van der Waals surface area contributed by atoms with Crippen LogP contribution in [0.4, 0.5) is 5.69 Å². The van der Waals surface area contributed by atoms with Gasteiger partial charge >= 0.3 is 0 Å². The third-order valence-electron chi connectivity index (χ3n) is 7.41. The van der Waals surface area contributed by atoms with Gasteiger partial charge in [0.2, 0.25) is 5.91 Å². The van der Waals surface area contributed by atoms with E-state index in [9.17, 15) is 4.79 Å². The minimum absolute atomic E-state index is 0.251. The molecular formula is C34H38N4O2S. The van der Waals surface area contributed by atoms with Crippen molar-refractivity contribution in [2.75, 3.05) is 43.9 Å². The van der Waals surface area contributed by atoms with Crippen LogP contribution < -0.4 is 9.64 Å². The molecular weight excluding hydrogens is 528 g/mol. The standard InChI is InChI=1S/C34H38N4O2S/c1-3-21-38-33(28-16-8-5-9-17-28)32(27-14-6-4-7-15-27)35-34(38)41-26-13-12-20-31(39)37-24-22-36(23-25-37)29-18-10-11-19-30(29)40-2/h3-11,14-19H,1,12-13,20-26H2,2H3. The highest BCUT2D eigenvalue weighted by Gasteiger charge is 2.23. The maximum atomic E-state index is 12.9. The molecule has 1 aliphatic heterocycles. The number of nitrogens with zero attached hydrogens (tertiary/aromatic N) is 4. The van der Waals surface area contributed by atoms with E-state index in [1.54, 1.807) is 18.9 Å². The number of imidazole rings is 1. The summed E-state index contributed by atoms with van der Waals surface area (Å²) in [5.74, 6) is 2.04. The molecule has 41 heavy (non-hydrogen) atoms. The van der Waals surface area contributed by atoms with Crippen LogP contribution in [-0.4, -0.2) is 59.4 Å². The molecule has 6 nitrogen and oxygen atoms in total. The molecule has 212 valence electrons. The molecule has 7 heteroatoms. The predicted molar refractivity (Wildman–Crippen MR) is 170 cm³/mol. The molecule has 0 radical (unpaired) electrons. The Hall–Kier alpha value is -3.97. The second kappa shape index (κ2) is 14.1. The largest absolute Gasteiger partial charge is 0.495 e. The molecule has 0 unspecified atom stereocenters. The van der Waals surface area contributed by atoms with Gasteiger partial charge in [0.25, 0.3) is 0 Å². The molecule has 1 fully saturated rings. The molecule has 0 N–H and O–H groups in total. The Kier molecular flexibility index (Phi) is 9.81. The van der Waals surface area contributed by atoms with Gasteiger partial charge in [0, 0.05) is 56.0 Å². The summed E-state index contributed by atoms with van der Waals surface area (Å²) < 4.78 is 7.79. The van der Waals surface area contributed by atoms with Crippen molar-refractivity contribution in [3.8, 4) is 28.3 Å². The summed E-state index contributed by atoms with van der Waals surface area (Å²) in [6, 6.07) is 28.9. The zero-order valence-corrected chi connectivity index (χ0v) is 24.6. The first kappa shape index (κ1) is 28.6. The van der Waals surface area contributed by atoms with Crippen LogP contribution in [0, 0.1) is 0 Å². The highest BCUT2D eigenvalue weighted by molar-refractivity contribution is 7.99. The summed E-state index contributed by atoms with van der Waals surface area (Å²) in [5, 5.41) is 0.987. The number of anilines is 1. The number of piperazine rings is 1. The van der Waals surface area contributed by atoms with Crippen LogP contribution in [0.3, 0.4) is 0 Å². The lowest BCUT2D eigenvalue weighted by Crippen LogP contribution is -2.48. The Balaban J connectivity index is 1.17. The number of unbranched alkanes of at least 4 members (excludes halogenated alkanes) is 1. The van der Waals surface area contributed by atoms with E-state index >= 15 is 0 Å². The summed E-state index contributed by atoms with van der Waals surface area (Å²) in [6.45, 7) is 7.83. The monoisotopic (exact) mass is 566 g/mol. The summed E-state index contributed by atoms with van der Waals surface area (Å²) in [6.07, 6.45) is 4.35. The fourth-order valence-electron chi connectivity index (χ4n) is 5.31. The van der Waals surface area contributed by atoms with Gasteiger partial charge in [-0.05, 0) is 25.0 Å². The zero-order valence-electron chi connectivity index (χ0n) is 23.7.